The van der Waals surface area contributed by atoms with E-state index in [1.54, 1.807) is 6.20 Å². The topological polar surface area (TPSA) is 61.2 Å². The van der Waals surface area contributed by atoms with Crippen LogP contribution >= 0.6 is 12.2 Å². The Bertz CT molecular complexity index is 572. The molecule has 1 aromatic carbocycles. The van der Waals surface area contributed by atoms with E-state index in [0.717, 1.165) is 5.69 Å². The summed E-state index contributed by atoms with van der Waals surface area (Å²) in [7, 11) is 0. The van der Waals surface area contributed by atoms with Gasteiger partial charge in [0.15, 0.2) is 5.76 Å². The summed E-state index contributed by atoms with van der Waals surface area (Å²) in [5.41, 5.74) is 2.26. The van der Waals surface area contributed by atoms with Gasteiger partial charge in [-0.05, 0) is 35.8 Å². The average molecular weight is 278 g/mol. The highest BCUT2D eigenvalue weighted by molar-refractivity contribution is 7.71. The Morgan fingerprint density at radius 1 is 1.32 bits per heavy atom. The lowest BCUT2D eigenvalue weighted by Crippen LogP contribution is -2.11. The van der Waals surface area contributed by atoms with Crippen molar-refractivity contribution in [1.82, 2.24) is 4.98 Å². The summed E-state index contributed by atoms with van der Waals surface area (Å²) in [6.45, 7) is 4.69. The molecule has 19 heavy (non-hydrogen) atoms. The van der Waals surface area contributed by atoms with Gasteiger partial charge in [-0.2, -0.15) is 0 Å². The molecule has 0 saturated carbocycles. The van der Waals surface area contributed by atoms with Gasteiger partial charge in [0.1, 0.15) is 6.10 Å². The number of oxazole rings is 1. The number of aromatic amines is 1. The van der Waals surface area contributed by atoms with Crippen molar-refractivity contribution in [2.24, 2.45) is 0 Å². The molecule has 1 unspecified atom stereocenters. The predicted octanol–water partition coefficient (Wildman–Crippen LogP) is 3.61. The van der Waals surface area contributed by atoms with Gasteiger partial charge in [-0.3, -0.25) is 0 Å². The number of benzene rings is 1. The van der Waals surface area contributed by atoms with Crippen molar-refractivity contribution in [3.8, 4) is 0 Å². The maximum Gasteiger partial charge on any atom is 0.266 e. The van der Waals surface area contributed by atoms with Gasteiger partial charge in [0.25, 0.3) is 4.84 Å². The molecule has 1 heterocycles. The van der Waals surface area contributed by atoms with E-state index in [2.05, 4.69) is 36.3 Å². The first kappa shape index (κ1) is 13.8. The standard InChI is InChI=1S/C14H18N2O2S/c1-9(2)10-3-5-11(6-4-10)15-7-12(17)13-8-16-14(19)18-13/h3-6,8-9,12,15,17H,7H2,1-2H3,(H,16,19). The molecular formula is C14H18N2O2S. The predicted molar refractivity (Wildman–Crippen MR) is 77.9 cm³/mol. The summed E-state index contributed by atoms with van der Waals surface area (Å²) in [5, 5.41) is 13.1. The minimum Gasteiger partial charge on any atom is -0.432 e. The fourth-order valence-electron chi connectivity index (χ4n) is 1.76. The zero-order valence-electron chi connectivity index (χ0n) is 11.0. The lowest BCUT2D eigenvalue weighted by Gasteiger charge is -2.11. The summed E-state index contributed by atoms with van der Waals surface area (Å²) in [5.74, 6) is 0.958. The maximum absolute atomic E-state index is 9.92. The molecule has 4 nitrogen and oxygen atoms in total. The van der Waals surface area contributed by atoms with Gasteiger partial charge in [-0.1, -0.05) is 26.0 Å². The molecule has 1 aromatic heterocycles. The SMILES string of the molecule is CC(C)c1ccc(NCC(O)c2c[nH]c(=S)o2)cc1. The van der Waals surface area contributed by atoms with Gasteiger partial charge in [0.05, 0.1) is 0 Å². The van der Waals surface area contributed by atoms with Crippen LogP contribution in [0.3, 0.4) is 0 Å². The molecule has 0 radical (unpaired) electrons. The molecular weight excluding hydrogens is 260 g/mol. The van der Waals surface area contributed by atoms with Crippen LogP contribution in [0.1, 0.15) is 37.2 Å². The molecule has 0 amide bonds. The van der Waals surface area contributed by atoms with Crippen molar-refractivity contribution in [3.63, 3.8) is 0 Å². The van der Waals surface area contributed by atoms with Crippen LogP contribution in [0.5, 0.6) is 0 Å². The average Bonchev–Trinajstić information content (AvgIpc) is 2.83. The number of aliphatic hydroxyl groups is 1. The fourth-order valence-corrected chi connectivity index (χ4v) is 1.92. The largest absolute Gasteiger partial charge is 0.432 e. The van der Waals surface area contributed by atoms with E-state index in [1.807, 2.05) is 12.1 Å². The van der Waals surface area contributed by atoms with E-state index in [0.29, 0.717) is 18.2 Å². The Hall–Kier alpha value is -1.59. The lowest BCUT2D eigenvalue weighted by molar-refractivity contribution is 0.161. The van der Waals surface area contributed by atoms with Crippen LogP contribution in [0.25, 0.3) is 0 Å². The summed E-state index contributed by atoms with van der Waals surface area (Å²) < 4.78 is 5.15. The van der Waals surface area contributed by atoms with Crippen LogP contribution in [0.4, 0.5) is 5.69 Å². The zero-order chi connectivity index (χ0) is 13.8. The molecule has 0 fully saturated rings. The van der Waals surface area contributed by atoms with Crippen LogP contribution in [-0.4, -0.2) is 16.6 Å². The minimum atomic E-state index is -0.724. The quantitative estimate of drug-likeness (QED) is 0.731. The van der Waals surface area contributed by atoms with E-state index >= 15 is 0 Å². The Morgan fingerprint density at radius 2 is 2.00 bits per heavy atom. The van der Waals surface area contributed by atoms with Gasteiger partial charge in [0, 0.05) is 18.4 Å². The van der Waals surface area contributed by atoms with E-state index in [1.165, 1.54) is 5.56 Å². The van der Waals surface area contributed by atoms with Gasteiger partial charge >= 0.3 is 0 Å². The third kappa shape index (κ3) is 3.68. The number of anilines is 1. The van der Waals surface area contributed by atoms with Crippen molar-refractivity contribution < 1.29 is 9.52 Å². The van der Waals surface area contributed by atoms with Crippen molar-refractivity contribution >= 4 is 17.9 Å². The minimum absolute atomic E-state index is 0.273. The molecule has 0 aliphatic rings. The number of aromatic nitrogens is 1. The highest BCUT2D eigenvalue weighted by atomic mass is 32.1. The van der Waals surface area contributed by atoms with Gasteiger partial charge in [-0.25, -0.2) is 0 Å². The number of nitrogens with one attached hydrogen (secondary N) is 2. The van der Waals surface area contributed by atoms with Crippen LogP contribution in [0.15, 0.2) is 34.9 Å². The Balaban J connectivity index is 1.93. The Labute approximate surface area is 117 Å². The summed E-state index contributed by atoms with van der Waals surface area (Å²) in [4.78, 5) is 3.00. The van der Waals surface area contributed by atoms with Gasteiger partial charge in [0.2, 0.25) is 0 Å². The molecule has 102 valence electrons. The van der Waals surface area contributed by atoms with E-state index < -0.39 is 6.10 Å². The monoisotopic (exact) mass is 278 g/mol. The molecule has 2 aromatic rings. The Morgan fingerprint density at radius 3 is 2.53 bits per heavy atom. The van der Waals surface area contributed by atoms with Crippen LogP contribution in [-0.2, 0) is 0 Å². The van der Waals surface area contributed by atoms with Crippen LogP contribution in [0.2, 0.25) is 0 Å². The molecule has 0 spiro atoms. The second-order valence-electron chi connectivity index (χ2n) is 4.75. The smallest absolute Gasteiger partial charge is 0.266 e. The number of hydrogen-bond donors (Lipinski definition) is 3. The first-order valence-electron chi connectivity index (χ1n) is 6.26. The first-order chi connectivity index (χ1) is 9.06. The van der Waals surface area contributed by atoms with E-state index in [9.17, 15) is 5.11 Å². The van der Waals surface area contributed by atoms with Crippen LogP contribution in [0, 0.1) is 4.84 Å². The summed E-state index contributed by atoms with van der Waals surface area (Å²) in [6, 6.07) is 8.19. The number of hydrogen-bond acceptors (Lipinski definition) is 4. The van der Waals surface area contributed by atoms with Gasteiger partial charge in [-0.15, -0.1) is 0 Å². The fraction of sp³-hybridized carbons (Fsp3) is 0.357. The highest BCUT2D eigenvalue weighted by Crippen LogP contribution is 2.18. The summed E-state index contributed by atoms with van der Waals surface area (Å²) >= 11 is 4.81. The maximum atomic E-state index is 9.92. The summed E-state index contributed by atoms with van der Waals surface area (Å²) in [6.07, 6.45) is 0.856. The molecule has 0 bridgehead atoms. The Kier molecular flexibility index (Phi) is 4.39. The van der Waals surface area contributed by atoms with E-state index in [4.69, 9.17) is 16.6 Å². The second kappa shape index (κ2) is 6.04. The molecule has 0 aliphatic carbocycles. The molecule has 0 aliphatic heterocycles. The number of rotatable bonds is 5. The first-order valence-corrected chi connectivity index (χ1v) is 6.67. The second-order valence-corrected chi connectivity index (χ2v) is 5.12. The normalized spacial score (nSPS) is 12.6. The number of H-pyrrole nitrogens is 1. The third-order valence-electron chi connectivity index (χ3n) is 2.95. The van der Waals surface area contributed by atoms with E-state index in [-0.39, 0.29) is 4.84 Å². The van der Waals surface area contributed by atoms with Crippen molar-refractivity contribution in [3.05, 3.63) is 46.6 Å². The molecule has 3 N–H and O–H groups in total. The molecule has 1 atom stereocenters. The molecule has 2 rings (SSSR count). The third-order valence-corrected chi connectivity index (χ3v) is 3.15. The van der Waals surface area contributed by atoms with Crippen molar-refractivity contribution in [2.75, 3.05) is 11.9 Å². The van der Waals surface area contributed by atoms with Gasteiger partial charge < -0.3 is 19.8 Å². The molecule has 5 heteroatoms. The number of aliphatic hydroxyl groups excluding tert-OH is 1. The highest BCUT2D eigenvalue weighted by Gasteiger charge is 2.11. The van der Waals surface area contributed by atoms with Crippen molar-refractivity contribution in [2.45, 2.75) is 25.9 Å². The molecule has 0 saturated heterocycles. The zero-order valence-corrected chi connectivity index (χ0v) is 11.8. The van der Waals surface area contributed by atoms with Crippen molar-refractivity contribution in [1.29, 1.82) is 0 Å². The van der Waals surface area contributed by atoms with Crippen LogP contribution < -0.4 is 5.32 Å². The lowest BCUT2D eigenvalue weighted by atomic mass is 10.0.